The highest BCUT2D eigenvalue weighted by Crippen LogP contribution is 2.01. The van der Waals surface area contributed by atoms with Crippen molar-refractivity contribution in [2.24, 2.45) is 0 Å². The van der Waals surface area contributed by atoms with Crippen molar-refractivity contribution in [3.8, 4) is 0 Å². The van der Waals surface area contributed by atoms with Crippen molar-refractivity contribution >= 4 is 15.9 Å². The Morgan fingerprint density at radius 2 is 2.55 bits per heavy atom. The summed E-state index contributed by atoms with van der Waals surface area (Å²) >= 11 is 3.25. The molecule has 2 nitrogen and oxygen atoms in total. The molecule has 1 heterocycles. The fraction of sp³-hybridized carbons (Fsp3) is 0.250. The monoisotopic (exact) mass is 215 g/mol. The van der Waals surface area contributed by atoms with Gasteiger partial charge < -0.3 is 9.73 Å². The second-order valence-corrected chi connectivity index (χ2v) is 3.32. The van der Waals surface area contributed by atoms with Crippen LogP contribution in [0.1, 0.15) is 5.76 Å². The minimum Gasteiger partial charge on any atom is -0.468 e. The molecule has 0 aromatic carbocycles. The van der Waals surface area contributed by atoms with Crippen molar-refractivity contribution in [3.05, 3.63) is 35.2 Å². The highest BCUT2D eigenvalue weighted by atomic mass is 79.9. The van der Waals surface area contributed by atoms with Crippen molar-refractivity contribution in [2.75, 3.05) is 6.54 Å². The molecule has 0 aliphatic rings. The van der Waals surface area contributed by atoms with Crippen LogP contribution in [0.2, 0.25) is 0 Å². The van der Waals surface area contributed by atoms with Gasteiger partial charge >= 0.3 is 0 Å². The third-order valence-corrected chi connectivity index (χ3v) is 1.48. The lowest BCUT2D eigenvalue weighted by molar-refractivity contribution is 0.490. The van der Waals surface area contributed by atoms with Crippen molar-refractivity contribution < 1.29 is 4.42 Å². The van der Waals surface area contributed by atoms with Gasteiger partial charge in [0, 0.05) is 11.0 Å². The van der Waals surface area contributed by atoms with Gasteiger partial charge in [0.15, 0.2) is 0 Å². The molecule has 60 valence electrons. The van der Waals surface area contributed by atoms with E-state index in [2.05, 4.69) is 27.8 Å². The van der Waals surface area contributed by atoms with Crippen LogP contribution in [0.3, 0.4) is 0 Å². The highest BCUT2D eigenvalue weighted by molar-refractivity contribution is 9.11. The Morgan fingerprint density at radius 1 is 1.73 bits per heavy atom. The number of furan rings is 1. The van der Waals surface area contributed by atoms with E-state index in [1.54, 1.807) is 6.26 Å². The molecule has 0 aliphatic carbocycles. The summed E-state index contributed by atoms with van der Waals surface area (Å²) in [7, 11) is 0. The molecule has 0 fully saturated rings. The standard InChI is InChI=1S/C8H10BrNO/c1-7(9)5-10-6-8-3-2-4-11-8/h2-4,10H,1,5-6H2. The third-order valence-electron chi connectivity index (χ3n) is 1.20. The zero-order chi connectivity index (χ0) is 8.10. The molecule has 0 saturated carbocycles. The molecular weight excluding hydrogens is 206 g/mol. The van der Waals surface area contributed by atoms with Gasteiger partial charge in [0.05, 0.1) is 12.8 Å². The zero-order valence-corrected chi connectivity index (χ0v) is 7.73. The molecule has 0 unspecified atom stereocenters. The van der Waals surface area contributed by atoms with Crippen LogP contribution in [0.4, 0.5) is 0 Å². The van der Waals surface area contributed by atoms with Gasteiger partial charge in [0.2, 0.25) is 0 Å². The molecule has 1 N–H and O–H groups in total. The number of hydrogen-bond donors (Lipinski definition) is 1. The Hall–Kier alpha value is -0.540. The van der Waals surface area contributed by atoms with E-state index in [9.17, 15) is 0 Å². The van der Waals surface area contributed by atoms with Gasteiger partial charge in [0.25, 0.3) is 0 Å². The van der Waals surface area contributed by atoms with Crippen LogP contribution < -0.4 is 5.32 Å². The van der Waals surface area contributed by atoms with Crippen LogP contribution in [-0.4, -0.2) is 6.54 Å². The van der Waals surface area contributed by atoms with E-state index >= 15 is 0 Å². The van der Waals surface area contributed by atoms with Gasteiger partial charge in [-0.15, -0.1) is 0 Å². The Labute approximate surface area is 74.4 Å². The van der Waals surface area contributed by atoms with Crippen LogP contribution >= 0.6 is 15.9 Å². The van der Waals surface area contributed by atoms with E-state index in [0.717, 1.165) is 23.3 Å². The molecule has 0 radical (unpaired) electrons. The zero-order valence-electron chi connectivity index (χ0n) is 6.14. The number of rotatable bonds is 4. The van der Waals surface area contributed by atoms with E-state index in [-0.39, 0.29) is 0 Å². The topological polar surface area (TPSA) is 25.2 Å². The molecule has 0 aliphatic heterocycles. The van der Waals surface area contributed by atoms with Crippen molar-refractivity contribution in [1.29, 1.82) is 0 Å². The molecule has 0 saturated heterocycles. The Morgan fingerprint density at radius 3 is 3.09 bits per heavy atom. The van der Waals surface area contributed by atoms with E-state index in [1.807, 2.05) is 12.1 Å². The normalized spacial score (nSPS) is 9.91. The van der Waals surface area contributed by atoms with Crippen molar-refractivity contribution in [3.63, 3.8) is 0 Å². The van der Waals surface area contributed by atoms with Crippen LogP contribution in [0.15, 0.2) is 33.9 Å². The summed E-state index contributed by atoms with van der Waals surface area (Å²) in [5.74, 6) is 0.943. The molecular formula is C8H10BrNO. The first-order valence-corrected chi connectivity index (χ1v) is 4.14. The summed E-state index contributed by atoms with van der Waals surface area (Å²) < 4.78 is 6.06. The van der Waals surface area contributed by atoms with Gasteiger partial charge in [-0.1, -0.05) is 22.5 Å². The van der Waals surface area contributed by atoms with Crippen LogP contribution in [0.25, 0.3) is 0 Å². The molecule has 0 amide bonds. The Kier molecular flexibility index (Phi) is 3.39. The molecule has 1 rings (SSSR count). The largest absolute Gasteiger partial charge is 0.468 e. The number of nitrogens with one attached hydrogen (secondary N) is 1. The molecule has 1 aromatic heterocycles. The molecule has 0 bridgehead atoms. The minimum absolute atomic E-state index is 0.748. The minimum atomic E-state index is 0.748. The summed E-state index contributed by atoms with van der Waals surface area (Å²) in [6.45, 7) is 5.21. The van der Waals surface area contributed by atoms with Gasteiger partial charge in [-0.3, -0.25) is 0 Å². The average molecular weight is 216 g/mol. The van der Waals surface area contributed by atoms with Gasteiger partial charge in [-0.25, -0.2) is 0 Å². The third kappa shape index (κ3) is 3.39. The second kappa shape index (κ2) is 4.36. The number of halogens is 1. The van der Waals surface area contributed by atoms with Crippen LogP contribution in [-0.2, 0) is 6.54 Å². The summed E-state index contributed by atoms with van der Waals surface area (Å²) in [6.07, 6.45) is 1.67. The first kappa shape index (κ1) is 8.56. The quantitative estimate of drug-likeness (QED) is 0.835. The first-order valence-electron chi connectivity index (χ1n) is 3.35. The molecule has 0 atom stereocenters. The first-order chi connectivity index (χ1) is 5.29. The Balaban J connectivity index is 2.19. The predicted molar refractivity (Wildman–Crippen MR) is 48.5 cm³/mol. The predicted octanol–water partition coefficient (Wildman–Crippen LogP) is 2.28. The maximum Gasteiger partial charge on any atom is 0.117 e. The SMILES string of the molecule is C=C(Br)CNCc1ccco1. The average Bonchev–Trinajstić information content (AvgIpc) is 2.39. The van der Waals surface area contributed by atoms with E-state index < -0.39 is 0 Å². The molecule has 1 aromatic rings. The van der Waals surface area contributed by atoms with E-state index in [1.165, 1.54) is 0 Å². The van der Waals surface area contributed by atoms with E-state index in [4.69, 9.17) is 4.42 Å². The molecule has 11 heavy (non-hydrogen) atoms. The van der Waals surface area contributed by atoms with E-state index in [0.29, 0.717) is 0 Å². The summed E-state index contributed by atoms with van der Waals surface area (Å²) in [4.78, 5) is 0. The van der Waals surface area contributed by atoms with Gasteiger partial charge in [-0.05, 0) is 12.1 Å². The molecule has 0 spiro atoms. The lowest BCUT2D eigenvalue weighted by Crippen LogP contribution is -2.13. The fourth-order valence-corrected chi connectivity index (χ4v) is 0.933. The lowest BCUT2D eigenvalue weighted by Gasteiger charge is -1.98. The maximum atomic E-state index is 5.11. The Bertz CT molecular complexity index is 218. The highest BCUT2D eigenvalue weighted by Gasteiger charge is 1.93. The molecule has 3 heteroatoms. The van der Waals surface area contributed by atoms with Crippen LogP contribution in [0, 0.1) is 0 Å². The van der Waals surface area contributed by atoms with Crippen molar-refractivity contribution in [1.82, 2.24) is 5.32 Å². The number of hydrogen-bond acceptors (Lipinski definition) is 2. The maximum absolute atomic E-state index is 5.11. The smallest absolute Gasteiger partial charge is 0.117 e. The van der Waals surface area contributed by atoms with Gasteiger partial charge in [-0.2, -0.15) is 0 Å². The van der Waals surface area contributed by atoms with Crippen molar-refractivity contribution in [2.45, 2.75) is 6.54 Å². The summed E-state index contributed by atoms with van der Waals surface area (Å²) in [5.41, 5.74) is 0. The van der Waals surface area contributed by atoms with Gasteiger partial charge in [0.1, 0.15) is 5.76 Å². The summed E-state index contributed by atoms with van der Waals surface area (Å²) in [6, 6.07) is 3.81. The summed E-state index contributed by atoms with van der Waals surface area (Å²) in [5, 5.41) is 3.15. The fourth-order valence-electron chi connectivity index (χ4n) is 0.734. The van der Waals surface area contributed by atoms with Crippen LogP contribution in [0.5, 0.6) is 0 Å². The second-order valence-electron chi connectivity index (χ2n) is 2.20. The lowest BCUT2D eigenvalue weighted by atomic mass is 10.4.